The average Bonchev–Trinajstić information content (AvgIpc) is 3.14. The third kappa shape index (κ3) is 2.50. The molecular weight excluding hydrogens is 296 g/mol. The molecule has 1 aliphatic heterocycles. The van der Waals surface area contributed by atoms with E-state index >= 15 is 0 Å². The van der Waals surface area contributed by atoms with E-state index in [4.69, 9.17) is 4.74 Å². The predicted octanol–water partition coefficient (Wildman–Crippen LogP) is 3.98. The SMILES string of the molecule is CC(=O)C1=C(C)OC(C(=O)c2cccs2)C1c1ccccc1. The zero-order valence-electron chi connectivity index (χ0n) is 12.4. The third-order valence-electron chi connectivity index (χ3n) is 3.86. The number of benzene rings is 1. The van der Waals surface area contributed by atoms with Gasteiger partial charge in [-0.3, -0.25) is 9.59 Å². The number of hydrogen-bond donors (Lipinski definition) is 0. The predicted molar refractivity (Wildman–Crippen MR) is 86.1 cm³/mol. The fraction of sp³-hybridized carbons (Fsp3) is 0.222. The van der Waals surface area contributed by atoms with E-state index in [0.29, 0.717) is 16.2 Å². The third-order valence-corrected chi connectivity index (χ3v) is 4.74. The highest BCUT2D eigenvalue weighted by atomic mass is 32.1. The molecule has 3 rings (SSSR count). The molecule has 1 aliphatic rings. The van der Waals surface area contributed by atoms with Crippen LogP contribution in [-0.2, 0) is 9.53 Å². The Kier molecular flexibility index (Phi) is 3.94. The van der Waals surface area contributed by atoms with Gasteiger partial charge in [-0.2, -0.15) is 0 Å². The number of carbonyl (C=O) groups excluding carboxylic acids is 2. The molecule has 3 nitrogen and oxygen atoms in total. The number of hydrogen-bond acceptors (Lipinski definition) is 4. The van der Waals surface area contributed by atoms with Gasteiger partial charge in [-0.1, -0.05) is 36.4 Å². The van der Waals surface area contributed by atoms with Crippen LogP contribution >= 0.6 is 11.3 Å². The number of carbonyl (C=O) groups is 2. The minimum atomic E-state index is -0.667. The standard InChI is InChI=1S/C18H16O3S/c1-11(19)15-12(2)21-18(17(20)14-9-6-10-22-14)16(15)13-7-4-3-5-8-13/h3-10,16,18H,1-2H3. The lowest BCUT2D eigenvalue weighted by atomic mass is 9.84. The fourth-order valence-corrected chi connectivity index (χ4v) is 3.62. The molecule has 0 saturated carbocycles. The van der Waals surface area contributed by atoms with Crippen LogP contribution in [0.25, 0.3) is 0 Å². The number of Topliss-reactive ketones (excluding diaryl/α,β-unsaturated/α-hetero) is 2. The summed E-state index contributed by atoms with van der Waals surface area (Å²) in [5, 5.41) is 1.87. The van der Waals surface area contributed by atoms with Crippen molar-refractivity contribution in [3.63, 3.8) is 0 Å². The topological polar surface area (TPSA) is 43.4 Å². The first-order valence-corrected chi connectivity index (χ1v) is 7.98. The molecule has 0 N–H and O–H groups in total. The Hall–Kier alpha value is -2.20. The normalized spacial score (nSPS) is 20.8. The first kappa shape index (κ1) is 14.7. The van der Waals surface area contributed by atoms with Crippen LogP contribution in [0.4, 0.5) is 0 Å². The van der Waals surface area contributed by atoms with Crippen LogP contribution in [0, 0.1) is 0 Å². The van der Waals surface area contributed by atoms with E-state index in [1.807, 2.05) is 41.8 Å². The molecule has 112 valence electrons. The maximum absolute atomic E-state index is 12.8. The summed E-state index contributed by atoms with van der Waals surface area (Å²) in [6.07, 6.45) is -0.667. The van der Waals surface area contributed by atoms with Gasteiger partial charge in [-0.25, -0.2) is 0 Å². The maximum Gasteiger partial charge on any atom is 0.214 e. The minimum absolute atomic E-state index is 0.0483. The molecule has 0 saturated heterocycles. The monoisotopic (exact) mass is 312 g/mol. The summed E-state index contributed by atoms with van der Waals surface area (Å²) in [4.78, 5) is 25.5. The Morgan fingerprint density at radius 3 is 2.41 bits per heavy atom. The van der Waals surface area contributed by atoms with Crippen LogP contribution in [0.2, 0.25) is 0 Å². The first-order valence-electron chi connectivity index (χ1n) is 7.10. The Balaban J connectivity index is 2.04. The van der Waals surface area contributed by atoms with Crippen molar-refractivity contribution in [3.05, 3.63) is 69.6 Å². The Labute approximate surface area is 133 Å². The van der Waals surface area contributed by atoms with Crippen LogP contribution in [0.1, 0.15) is 35.0 Å². The van der Waals surface area contributed by atoms with Gasteiger partial charge in [0.05, 0.1) is 10.8 Å². The minimum Gasteiger partial charge on any atom is -0.485 e. The number of rotatable bonds is 4. The molecule has 2 unspecified atom stereocenters. The summed E-state index contributed by atoms with van der Waals surface area (Å²) in [6, 6.07) is 13.2. The fourth-order valence-electron chi connectivity index (χ4n) is 2.92. The van der Waals surface area contributed by atoms with Gasteiger partial charge in [0.15, 0.2) is 11.9 Å². The van der Waals surface area contributed by atoms with Crippen molar-refractivity contribution in [2.75, 3.05) is 0 Å². The molecular formula is C18H16O3S. The lowest BCUT2D eigenvalue weighted by Crippen LogP contribution is -2.27. The lowest BCUT2D eigenvalue weighted by Gasteiger charge is -2.19. The van der Waals surface area contributed by atoms with E-state index in [1.165, 1.54) is 18.3 Å². The molecule has 0 radical (unpaired) electrons. The van der Waals surface area contributed by atoms with Gasteiger partial charge >= 0.3 is 0 Å². The number of allylic oxidation sites excluding steroid dienone is 1. The van der Waals surface area contributed by atoms with Crippen LogP contribution < -0.4 is 0 Å². The van der Waals surface area contributed by atoms with Crippen molar-refractivity contribution in [3.8, 4) is 0 Å². The van der Waals surface area contributed by atoms with E-state index in [2.05, 4.69) is 0 Å². The maximum atomic E-state index is 12.8. The van der Waals surface area contributed by atoms with E-state index in [9.17, 15) is 9.59 Å². The smallest absolute Gasteiger partial charge is 0.214 e. The second-order valence-corrected chi connectivity index (χ2v) is 6.24. The van der Waals surface area contributed by atoms with Crippen molar-refractivity contribution < 1.29 is 14.3 Å². The average molecular weight is 312 g/mol. The van der Waals surface area contributed by atoms with E-state index in [1.54, 1.807) is 13.0 Å². The van der Waals surface area contributed by atoms with Gasteiger partial charge in [-0.15, -0.1) is 11.3 Å². The highest BCUT2D eigenvalue weighted by molar-refractivity contribution is 7.12. The molecule has 0 bridgehead atoms. The van der Waals surface area contributed by atoms with Crippen LogP contribution in [0.3, 0.4) is 0 Å². The quantitative estimate of drug-likeness (QED) is 0.802. The summed E-state index contributed by atoms with van der Waals surface area (Å²) in [6.45, 7) is 3.28. The largest absolute Gasteiger partial charge is 0.485 e. The molecule has 22 heavy (non-hydrogen) atoms. The molecule has 0 aliphatic carbocycles. The molecule has 2 heterocycles. The molecule has 2 aromatic rings. The zero-order valence-corrected chi connectivity index (χ0v) is 13.2. The van der Waals surface area contributed by atoms with Gasteiger partial charge in [0.2, 0.25) is 5.78 Å². The van der Waals surface area contributed by atoms with Crippen LogP contribution in [-0.4, -0.2) is 17.7 Å². The highest BCUT2D eigenvalue weighted by Gasteiger charge is 2.42. The van der Waals surface area contributed by atoms with Gasteiger partial charge in [0.1, 0.15) is 5.76 Å². The molecule has 1 aromatic carbocycles. The summed E-state index contributed by atoms with van der Waals surface area (Å²) in [5.74, 6) is 0.0943. The molecule has 1 aromatic heterocycles. The molecule has 2 atom stereocenters. The molecule has 4 heteroatoms. The van der Waals surface area contributed by atoms with Crippen molar-refractivity contribution in [1.82, 2.24) is 0 Å². The molecule has 0 fully saturated rings. The first-order chi connectivity index (χ1) is 10.6. The Morgan fingerprint density at radius 2 is 1.82 bits per heavy atom. The van der Waals surface area contributed by atoms with Gasteiger partial charge in [0, 0.05) is 5.57 Å². The number of thiophene rings is 1. The zero-order chi connectivity index (χ0) is 15.7. The summed E-state index contributed by atoms with van der Waals surface area (Å²) in [5.41, 5.74) is 1.53. The second-order valence-electron chi connectivity index (χ2n) is 5.29. The Bertz CT molecular complexity index is 729. The molecule has 0 amide bonds. The summed E-state index contributed by atoms with van der Waals surface area (Å²) >= 11 is 1.39. The van der Waals surface area contributed by atoms with Crippen molar-refractivity contribution in [2.45, 2.75) is 25.9 Å². The van der Waals surface area contributed by atoms with Crippen LogP contribution in [0.15, 0.2) is 59.2 Å². The second kappa shape index (κ2) is 5.89. The highest BCUT2D eigenvalue weighted by Crippen LogP contribution is 2.41. The van der Waals surface area contributed by atoms with E-state index < -0.39 is 6.10 Å². The van der Waals surface area contributed by atoms with Crippen molar-refractivity contribution >= 4 is 22.9 Å². The Morgan fingerprint density at radius 1 is 1.09 bits per heavy atom. The number of ketones is 2. The van der Waals surface area contributed by atoms with Gasteiger partial charge in [-0.05, 0) is 30.9 Å². The van der Waals surface area contributed by atoms with E-state index in [0.717, 1.165) is 5.56 Å². The van der Waals surface area contributed by atoms with Crippen molar-refractivity contribution in [2.24, 2.45) is 0 Å². The van der Waals surface area contributed by atoms with Crippen molar-refractivity contribution in [1.29, 1.82) is 0 Å². The van der Waals surface area contributed by atoms with Gasteiger partial charge < -0.3 is 4.74 Å². The van der Waals surface area contributed by atoms with E-state index in [-0.39, 0.29) is 17.5 Å². The lowest BCUT2D eigenvalue weighted by molar-refractivity contribution is -0.113. The number of ether oxygens (including phenoxy) is 1. The van der Waals surface area contributed by atoms with Crippen LogP contribution in [0.5, 0.6) is 0 Å². The summed E-state index contributed by atoms with van der Waals surface area (Å²) < 4.78 is 5.80. The summed E-state index contributed by atoms with van der Waals surface area (Å²) in [7, 11) is 0. The molecule has 0 spiro atoms. The van der Waals surface area contributed by atoms with Gasteiger partial charge in [0.25, 0.3) is 0 Å².